The van der Waals surface area contributed by atoms with Gasteiger partial charge in [0, 0.05) is 19.6 Å². The van der Waals surface area contributed by atoms with Crippen LogP contribution in [0.4, 0.5) is 4.39 Å². The Bertz CT molecular complexity index is 622. The van der Waals surface area contributed by atoms with E-state index in [9.17, 15) is 9.18 Å². The number of rotatable bonds is 6. The van der Waals surface area contributed by atoms with Gasteiger partial charge >= 0.3 is 5.97 Å². The Hall–Kier alpha value is -1.58. The maximum absolute atomic E-state index is 13.7. The molecule has 1 saturated heterocycles. The first kappa shape index (κ1) is 23.5. The summed E-state index contributed by atoms with van der Waals surface area (Å²) in [5, 5.41) is 3.27. The molecule has 2 rings (SSSR count). The number of piperidine rings is 1. The van der Waals surface area contributed by atoms with Crippen LogP contribution in [0.2, 0.25) is 0 Å². The van der Waals surface area contributed by atoms with E-state index < -0.39 is 0 Å². The van der Waals surface area contributed by atoms with Crippen LogP contribution in [0.15, 0.2) is 29.3 Å². The Kier molecular flexibility index (Phi) is 10.4. The van der Waals surface area contributed by atoms with E-state index in [0.29, 0.717) is 6.54 Å². The summed E-state index contributed by atoms with van der Waals surface area (Å²) in [6.07, 6.45) is 1.24. The number of carbonyl (C=O) groups excluding carboxylic acids is 1. The van der Waals surface area contributed by atoms with Crippen LogP contribution < -0.4 is 10.1 Å². The molecule has 0 radical (unpaired) electrons. The number of para-hydroxylation sites is 1. The largest absolute Gasteiger partial charge is 0.486 e. The van der Waals surface area contributed by atoms with E-state index >= 15 is 0 Å². The topological polar surface area (TPSA) is 63.2 Å². The summed E-state index contributed by atoms with van der Waals surface area (Å²) >= 11 is 0. The van der Waals surface area contributed by atoms with Gasteiger partial charge in [0.1, 0.15) is 6.10 Å². The number of halogens is 2. The predicted molar refractivity (Wildman–Crippen MR) is 114 cm³/mol. The quantitative estimate of drug-likeness (QED) is 0.286. The van der Waals surface area contributed by atoms with Gasteiger partial charge in [0.05, 0.1) is 19.6 Å². The van der Waals surface area contributed by atoms with Crippen molar-refractivity contribution in [3.63, 3.8) is 0 Å². The lowest BCUT2D eigenvalue weighted by atomic mass is 9.97. The molecule has 0 spiro atoms. The molecule has 1 aliphatic heterocycles. The van der Waals surface area contributed by atoms with Crippen LogP contribution in [0.3, 0.4) is 0 Å². The van der Waals surface area contributed by atoms with Gasteiger partial charge in [0.15, 0.2) is 17.5 Å². The Balaban J connectivity index is 0.00000364. The number of nitrogens with zero attached hydrogens (tertiary/aromatic N) is 2. The second kappa shape index (κ2) is 12.0. The van der Waals surface area contributed by atoms with Gasteiger partial charge in [-0.1, -0.05) is 12.1 Å². The van der Waals surface area contributed by atoms with Crippen LogP contribution in [0, 0.1) is 11.7 Å². The van der Waals surface area contributed by atoms with Crippen LogP contribution in [-0.4, -0.2) is 56.2 Å². The number of esters is 1. The standard InChI is InChI=1S/C19H28FN3O3.HI/c1-4-21-19(23-11-9-15(10-12-23)18(24)25-3)22-13-14(2)26-17-8-6-5-7-16(17)20;/h5-8,14-15H,4,9-13H2,1-3H3,(H,21,22);1H. The normalized spacial score (nSPS) is 16.3. The third kappa shape index (κ3) is 7.15. The molecule has 8 heteroatoms. The summed E-state index contributed by atoms with van der Waals surface area (Å²) in [4.78, 5) is 18.4. The van der Waals surface area contributed by atoms with Crippen LogP contribution in [0.25, 0.3) is 0 Å². The van der Waals surface area contributed by atoms with Crippen molar-refractivity contribution in [3.8, 4) is 5.75 Å². The third-order valence-corrected chi connectivity index (χ3v) is 4.33. The van der Waals surface area contributed by atoms with Gasteiger partial charge in [-0.15, -0.1) is 24.0 Å². The molecule has 0 amide bonds. The zero-order chi connectivity index (χ0) is 18.9. The molecular formula is C19H29FIN3O3. The molecule has 0 bridgehead atoms. The lowest BCUT2D eigenvalue weighted by Gasteiger charge is -2.33. The van der Waals surface area contributed by atoms with E-state index in [-0.39, 0.29) is 53.5 Å². The first-order chi connectivity index (χ1) is 12.5. The van der Waals surface area contributed by atoms with Gasteiger partial charge in [-0.25, -0.2) is 9.38 Å². The molecule has 1 atom stereocenters. The van der Waals surface area contributed by atoms with Gasteiger partial charge in [-0.2, -0.15) is 0 Å². The molecule has 6 nitrogen and oxygen atoms in total. The summed E-state index contributed by atoms with van der Waals surface area (Å²) < 4.78 is 24.1. The second-order valence-electron chi connectivity index (χ2n) is 6.34. The Morgan fingerprint density at radius 3 is 2.63 bits per heavy atom. The molecule has 1 N–H and O–H groups in total. The highest BCUT2D eigenvalue weighted by molar-refractivity contribution is 14.0. The van der Waals surface area contributed by atoms with Gasteiger partial charge in [-0.3, -0.25) is 4.79 Å². The fraction of sp³-hybridized carbons (Fsp3) is 0.579. The summed E-state index contributed by atoms with van der Waals surface area (Å²) in [6.45, 7) is 6.52. The molecule has 1 aliphatic rings. The summed E-state index contributed by atoms with van der Waals surface area (Å²) in [5.74, 6) is 0.472. The number of hydrogen-bond acceptors (Lipinski definition) is 4. The van der Waals surface area contributed by atoms with E-state index in [1.165, 1.54) is 13.2 Å². The first-order valence-corrected chi connectivity index (χ1v) is 9.07. The summed E-state index contributed by atoms with van der Waals surface area (Å²) in [7, 11) is 1.43. The van der Waals surface area contributed by atoms with Crippen molar-refractivity contribution >= 4 is 35.9 Å². The third-order valence-electron chi connectivity index (χ3n) is 4.33. The maximum Gasteiger partial charge on any atom is 0.308 e. The molecule has 1 aromatic carbocycles. The molecule has 152 valence electrons. The highest BCUT2D eigenvalue weighted by Crippen LogP contribution is 2.19. The molecular weight excluding hydrogens is 464 g/mol. The molecule has 0 aliphatic carbocycles. The van der Waals surface area contributed by atoms with Crippen LogP contribution in [0.5, 0.6) is 5.75 Å². The van der Waals surface area contributed by atoms with Gasteiger partial charge in [0.25, 0.3) is 0 Å². The Morgan fingerprint density at radius 1 is 1.37 bits per heavy atom. The summed E-state index contributed by atoms with van der Waals surface area (Å²) in [5.41, 5.74) is 0. The van der Waals surface area contributed by atoms with Gasteiger partial charge in [-0.05, 0) is 38.8 Å². The van der Waals surface area contributed by atoms with Crippen LogP contribution in [-0.2, 0) is 9.53 Å². The maximum atomic E-state index is 13.7. The van der Waals surface area contributed by atoms with E-state index in [1.807, 2.05) is 13.8 Å². The number of ether oxygens (including phenoxy) is 2. The van der Waals surface area contributed by atoms with E-state index in [4.69, 9.17) is 9.47 Å². The minimum atomic E-state index is -0.375. The number of likely N-dealkylation sites (tertiary alicyclic amines) is 1. The number of aliphatic imine (C=N–C) groups is 1. The van der Waals surface area contributed by atoms with Crippen molar-refractivity contribution in [1.29, 1.82) is 0 Å². The van der Waals surface area contributed by atoms with Crippen molar-refractivity contribution < 1.29 is 18.7 Å². The number of benzene rings is 1. The fourth-order valence-corrected chi connectivity index (χ4v) is 2.93. The van der Waals surface area contributed by atoms with Crippen molar-refractivity contribution in [2.24, 2.45) is 10.9 Å². The number of methoxy groups -OCH3 is 1. The number of guanidine groups is 1. The minimum absolute atomic E-state index is 0. The Morgan fingerprint density at radius 2 is 2.04 bits per heavy atom. The summed E-state index contributed by atoms with van der Waals surface area (Å²) in [6, 6.07) is 6.36. The number of carbonyl (C=O) groups is 1. The van der Waals surface area contributed by atoms with Crippen LogP contribution in [0.1, 0.15) is 26.7 Å². The predicted octanol–water partition coefficient (Wildman–Crippen LogP) is 3.06. The molecule has 27 heavy (non-hydrogen) atoms. The average Bonchev–Trinajstić information content (AvgIpc) is 2.66. The SMILES string of the molecule is CCNC(=NCC(C)Oc1ccccc1F)N1CCC(C(=O)OC)CC1.I. The molecule has 1 heterocycles. The molecule has 1 fully saturated rings. The Labute approximate surface area is 177 Å². The minimum Gasteiger partial charge on any atom is -0.486 e. The molecule has 0 aromatic heterocycles. The first-order valence-electron chi connectivity index (χ1n) is 9.07. The highest BCUT2D eigenvalue weighted by Gasteiger charge is 2.27. The van der Waals surface area contributed by atoms with Crippen molar-refractivity contribution in [2.45, 2.75) is 32.8 Å². The number of hydrogen-bond donors (Lipinski definition) is 1. The van der Waals surface area contributed by atoms with E-state index in [1.54, 1.807) is 18.2 Å². The lowest BCUT2D eigenvalue weighted by Crippen LogP contribution is -2.47. The zero-order valence-corrected chi connectivity index (χ0v) is 18.4. The smallest absolute Gasteiger partial charge is 0.308 e. The average molecular weight is 493 g/mol. The monoisotopic (exact) mass is 493 g/mol. The van der Waals surface area contributed by atoms with Gasteiger partial charge in [0.2, 0.25) is 0 Å². The number of nitrogens with one attached hydrogen (secondary N) is 1. The van der Waals surface area contributed by atoms with Crippen molar-refractivity contribution in [2.75, 3.05) is 33.3 Å². The highest BCUT2D eigenvalue weighted by atomic mass is 127. The lowest BCUT2D eigenvalue weighted by molar-refractivity contribution is -0.146. The molecule has 1 aromatic rings. The fourth-order valence-electron chi connectivity index (χ4n) is 2.93. The molecule has 1 unspecified atom stereocenters. The van der Waals surface area contributed by atoms with Crippen molar-refractivity contribution in [1.82, 2.24) is 10.2 Å². The van der Waals surface area contributed by atoms with E-state index in [0.717, 1.165) is 38.4 Å². The van der Waals surface area contributed by atoms with Crippen molar-refractivity contribution in [3.05, 3.63) is 30.1 Å². The van der Waals surface area contributed by atoms with E-state index in [2.05, 4.69) is 15.2 Å². The molecule has 0 saturated carbocycles. The zero-order valence-electron chi connectivity index (χ0n) is 16.1. The second-order valence-corrected chi connectivity index (χ2v) is 6.34. The van der Waals surface area contributed by atoms with Crippen LogP contribution >= 0.6 is 24.0 Å². The van der Waals surface area contributed by atoms with Gasteiger partial charge < -0.3 is 19.7 Å².